The fourth-order valence-corrected chi connectivity index (χ4v) is 5.76. The molecule has 3 saturated heterocycles. The molecule has 3 aliphatic rings. The van der Waals surface area contributed by atoms with Crippen molar-refractivity contribution >= 4 is 17.5 Å². The summed E-state index contributed by atoms with van der Waals surface area (Å²) in [4.78, 5) is 33.4. The Labute approximate surface area is 185 Å². The maximum atomic E-state index is 13.2. The lowest BCUT2D eigenvalue weighted by molar-refractivity contribution is -0.141. The summed E-state index contributed by atoms with van der Waals surface area (Å²) in [7, 11) is 1.95. The van der Waals surface area contributed by atoms with Crippen LogP contribution in [0.3, 0.4) is 0 Å². The fraction of sp³-hybridized carbons (Fsp3) is 0.667. The highest BCUT2D eigenvalue weighted by Gasteiger charge is 2.51. The van der Waals surface area contributed by atoms with Gasteiger partial charge in [0.1, 0.15) is 5.82 Å². The minimum Gasteiger partial charge on any atom is -0.366 e. The van der Waals surface area contributed by atoms with Crippen molar-refractivity contribution in [2.45, 2.75) is 51.6 Å². The third-order valence-corrected chi connectivity index (χ3v) is 7.76. The molecule has 7 heteroatoms. The lowest BCUT2D eigenvalue weighted by Gasteiger charge is -2.41. The Balaban J connectivity index is 1.29. The number of piperidine rings is 1. The van der Waals surface area contributed by atoms with Crippen molar-refractivity contribution in [3.05, 3.63) is 30.1 Å². The van der Waals surface area contributed by atoms with Crippen molar-refractivity contribution < 1.29 is 14.0 Å². The zero-order valence-corrected chi connectivity index (χ0v) is 19.0. The number of anilines is 1. The van der Waals surface area contributed by atoms with Crippen LogP contribution in [-0.4, -0.2) is 84.9 Å². The maximum Gasteiger partial charge on any atom is 0.228 e. The number of nitrogens with zero attached hydrogens (tertiary/aromatic N) is 4. The molecule has 2 atom stereocenters. The van der Waals surface area contributed by atoms with Gasteiger partial charge in [-0.15, -0.1) is 0 Å². The van der Waals surface area contributed by atoms with Crippen LogP contribution >= 0.6 is 0 Å². The Hall–Kier alpha value is -2.15. The predicted octanol–water partition coefficient (Wildman–Crippen LogP) is 2.59. The van der Waals surface area contributed by atoms with Gasteiger partial charge in [0, 0.05) is 71.0 Å². The summed E-state index contributed by atoms with van der Waals surface area (Å²) in [5.41, 5.74) is 0.813. The van der Waals surface area contributed by atoms with E-state index in [0.717, 1.165) is 57.5 Å². The summed E-state index contributed by atoms with van der Waals surface area (Å²) in [6.45, 7) is 9.09. The molecule has 31 heavy (non-hydrogen) atoms. The quantitative estimate of drug-likeness (QED) is 0.737. The highest BCUT2D eigenvalue weighted by Crippen LogP contribution is 2.44. The van der Waals surface area contributed by atoms with Gasteiger partial charge in [0.25, 0.3) is 0 Å². The molecular weight excluding hydrogens is 395 g/mol. The Kier molecular flexibility index (Phi) is 6.24. The lowest BCUT2D eigenvalue weighted by Crippen LogP contribution is -2.52. The molecule has 3 aliphatic heterocycles. The van der Waals surface area contributed by atoms with E-state index in [1.54, 1.807) is 6.92 Å². The highest BCUT2D eigenvalue weighted by atomic mass is 19.1. The summed E-state index contributed by atoms with van der Waals surface area (Å²) < 4.78 is 13.2. The van der Waals surface area contributed by atoms with Crippen LogP contribution in [0, 0.1) is 11.2 Å². The zero-order chi connectivity index (χ0) is 22.2. The number of carbonyl (C=O) groups is 2. The summed E-state index contributed by atoms with van der Waals surface area (Å²) in [5.74, 6) is 0.185. The van der Waals surface area contributed by atoms with Crippen LogP contribution in [0.15, 0.2) is 24.3 Å². The molecule has 0 saturated carbocycles. The van der Waals surface area contributed by atoms with Crippen molar-refractivity contribution in [2.75, 3.05) is 51.2 Å². The molecule has 3 heterocycles. The van der Waals surface area contributed by atoms with Gasteiger partial charge in [-0.1, -0.05) is 0 Å². The molecule has 0 bridgehead atoms. The van der Waals surface area contributed by atoms with E-state index in [1.807, 2.05) is 29.0 Å². The minimum atomic E-state index is -0.264. The number of hydrogen-bond donors (Lipinski definition) is 0. The Morgan fingerprint density at radius 1 is 1.13 bits per heavy atom. The van der Waals surface area contributed by atoms with Crippen LogP contribution in [0.5, 0.6) is 0 Å². The van der Waals surface area contributed by atoms with Crippen LogP contribution in [0.1, 0.15) is 39.5 Å². The Morgan fingerprint density at radius 3 is 2.42 bits per heavy atom. The van der Waals surface area contributed by atoms with Crippen molar-refractivity contribution in [1.29, 1.82) is 0 Å². The maximum absolute atomic E-state index is 13.2. The lowest BCUT2D eigenvalue weighted by atomic mass is 9.75. The molecule has 4 rings (SSSR count). The third-order valence-electron chi connectivity index (χ3n) is 7.76. The largest absolute Gasteiger partial charge is 0.366 e. The molecule has 6 nitrogen and oxygen atoms in total. The normalized spacial score (nSPS) is 26.7. The summed E-state index contributed by atoms with van der Waals surface area (Å²) in [6, 6.07) is 7.41. The van der Waals surface area contributed by atoms with E-state index in [1.165, 1.54) is 12.1 Å². The molecule has 170 valence electrons. The van der Waals surface area contributed by atoms with Gasteiger partial charge in [0.15, 0.2) is 0 Å². The Morgan fingerprint density at radius 2 is 1.81 bits per heavy atom. The summed E-state index contributed by atoms with van der Waals surface area (Å²) in [5, 5.41) is 0. The van der Waals surface area contributed by atoms with E-state index in [-0.39, 0.29) is 29.1 Å². The first-order valence-corrected chi connectivity index (χ1v) is 11.6. The predicted molar refractivity (Wildman–Crippen MR) is 119 cm³/mol. The van der Waals surface area contributed by atoms with Gasteiger partial charge in [0.05, 0.1) is 5.41 Å². The standard InChI is InChI=1S/C24H35FN4O2/c1-18-17-27(14-15-29(18)21-6-4-20(25)5-7-21)11-8-22-16-24(23(31)26(22)3)9-12-28(13-10-24)19(2)30/h4-7,18,22H,8-17H2,1-3H3/t18-,22+/m1/s1. The van der Waals surface area contributed by atoms with Crippen molar-refractivity contribution in [3.63, 3.8) is 0 Å². The first kappa shape index (κ1) is 22.1. The number of carbonyl (C=O) groups excluding carboxylic acids is 2. The average Bonchev–Trinajstić information content (AvgIpc) is 2.98. The van der Waals surface area contributed by atoms with Gasteiger partial charge in [-0.3, -0.25) is 14.5 Å². The summed E-state index contributed by atoms with van der Waals surface area (Å²) >= 11 is 0. The number of halogens is 1. The van der Waals surface area contributed by atoms with E-state index in [9.17, 15) is 14.0 Å². The van der Waals surface area contributed by atoms with Gasteiger partial charge in [0.2, 0.25) is 11.8 Å². The summed E-state index contributed by atoms with van der Waals surface area (Å²) in [6.07, 6.45) is 3.49. The first-order chi connectivity index (χ1) is 14.8. The Bertz CT molecular complexity index is 806. The second kappa shape index (κ2) is 8.77. The van der Waals surface area contributed by atoms with Gasteiger partial charge in [-0.25, -0.2) is 4.39 Å². The van der Waals surface area contributed by atoms with E-state index in [2.05, 4.69) is 16.7 Å². The number of hydrogen-bond acceptors (Lipinski definition) is 4. The van der Waals surface area contributed by atoms with Crippen molar-refractivity contribution in [3.8, 4) is 0 Å². The zero-order valence-electron chi connectivity index (χ0n) is 19.0. The minimum absolute atomic E-state index is 0.110. The van der Waals surface area contributed by atoms with Crippen molar-refractivity contribution in [1.82, 2.24) is 14.7 Å². The highest BCUT2D eigenvalue weighted by molar-refractivity contribution is 5.85. The van der Waals surface area contributed by atoms with Crippen LogP contribution in [0.25, 0.3) is 0 Å². The first-order valence-electron chi connectivity index (χ1n) is 11.6. The number of likely N-dealkylation sites (tertiary alicyclic amines) is 2. The van der Waals surface area contributed by atoms with Crippen LogP contribution < -0.4 is 4.90 Å². The van der Waals surface area contributed by atoms with E-state index in [0.29, 0.717) is 19.1 Å². The van der Waals surface area contributed by atoms with Gasteiger partial charge in [-0.05, 0) is 56.9 Å². The molecule has 3 fully saturated rings. The topological polar surface area (TPSA) is 47.1 Å². The molecule has 1 spiro atoms. The van der Waals surface area contributed by atoms with Crippen LogP contribution in [-0.2, 0) is 9.59 Å². The molecule has 0 aliphatic carbocycles. The smallest absolute Gasteiger partial charge is 0.228 e. The average molecular weight is 431 g/mol. The van der Waals surface area contributed by atoms with E-state index >= 15 is 0 Å². The molecule has 0 N–H and O–H groups in total. The second-order valence-corrected chi connectivity index (χ2v) is 9.67. The molecule has 2 amide bonds. The molecule has 1 aromatic rings. The SMILES string of the molecule is CC(=O)N1CCC2(CC1)C[C@H](CCN1CCN(c3ccc(F)cc3)[C@H](C)C1)N(C)C2=O. The monoisotopic (exact) mass is 430 g/mol. The molecule has 0 aromatic heterocycles. The second-order valence-electron chi connectivity index (χ2n) is 9.67. The number of benzene rings is 1. The molecule has 0 radical (unpaired) electrons. The van der Waals surface area contributed by atoms with Gasteiger partial charge < -0.3 is 14.7 Å². The van der Waals surface area contributed by atoms with Gasteiger partial charge in [-0.2, -0.15) is 0 Å². The number of rotatable bonds is 4. The molecule has 1 aromatic carbocycles. The third kappa shape index (κ3) is 4.43. The number of amides is 2. The van der Waals surface area contributed by atoms with E-state index in [4.69, 9.17) is 0 Å². The molecular formula is C24H35FN4O2. The van der Waals surface area contributed by atoms with Crippen molar-refractivity contribution in [2.24, 2.45) is 5.41 Å². The number of piperazine rings is 1. The fourth-order valence-electron chi connectivity index (χ4n) is 5.76. The van der Waals surface area contributed by atoms with Crippen LogP contribution in [0.4, 0.5) is 10.1 Å². The van der Waals surface area contributed by atoms with E-state index < -0.39 is 0 Å². The molecule has 0 unspecified atom stereocenters. The van der Waals surface area contributed by atoms with Crippen LogP contribution in [0.2, 0.25) is 0 Å². The van der Waals surface area contributed by atoms with Gasteiger partial charge >= 0.3 is 0 Å².